The zero-order valence-corrected chi connectivity index (χ0v) is 49.6. The molecule has 0 fully saturated rings. The third kappa shape index (κ3) is 61.3. The summed E-state index contributed by atoms with van der Waals surface area (Å²) in [6, 6.07) is 0. The summed E-state index contributed by atoms with van der Waals surface area (Å²) >= 11 is 0. The highest BCUT2D eigenvalue weighted by atomic mass is 16.6. The number of unbranched alkanes of at least 4 members (excludes halogenated alkanes) is 33. The molecular weight excluding hydrogens is 925 g/mol. The third-order valence-electron chi connectivity index (χ3n) is 13.9. The number of carbonyl (C=O) groups excluding carboxylic acids is 3. The fraction of sp³-hybridized carbons (Fsp3) is 0.754. The lowest BCUT2D eigenvalue weighted by atomic mass is 10.0. The van der Waals surface area contributed by atoms with Crippen LogP contribution in [0.1, 0.15) is 316 Å². The van der Waals surface area contributed by atoms with Crippen LogP contribution in [0.15, 0.2) is 85.1 Å². The maximum Gasteiger partial charge on any atom is 0.306 e. The second kappa shape index (κ2) is 63.1. The van der Waals surface area contributed by atoms with Crippen molar-refractivity contribution in [2.75, 3.05) is 13.2 Å². The Bertz CT molecular complexity index is 1430. The van der Waals surface area contributed by atoms with E-state index in [0.29, 0.717) is 19.3 Å². The molecule has 0 radical (unpaired) electrons. The van der Waals surface area contributed by atoms with Crippen LogP contribution in [0.4, 0.5) is 0 Å². The first-order chi connectivity index (χ1) is 37.0. The van der Waals surface area contributed by atoms with Crippen molar-refractivity contribution in [3.63, 3.8) is 0 Å². The Morgan fingerprint density at radius 2 is 0.520 bits per heavy atom. The van der Waals surface area contributed by atoms with Crippen LogP contribution in [0.3, 0.4) is 0 Å². The molecular formula is C69H120O6. The number of ether oxygens (including phenoxy) is 3. The van der Waals surface area contributed by atoms with E-state index in [1.165, 1.54) is 173 Å². The summed E-state index contributed by atoms with van der Waals surface area (Å²) < 4.78 is 16.8. The Morgan fingerprint density at radius 3 is 0.813 bits per heavy atom. The van der Waals surface area contributed by atoms with Crippen molar-refractivity contribution in [1.29, 1.82) is 0 Å². The minimum atomic E-state index is -0.774. The Hall–Kier alpha value is -3.41. The zero-order valence-electron chi connectivity index (χ0n) is 49.6. The van der Waals surface area contributed by atoms with Gasteiger partial charge in [-0.2, -0.15) is 0 Å². The van der Waals surface area contributed by atoms with Crippen molar-refractivity contribution in [1.82, 2.24) is 0 Å². The van der Waals surface area contributed by atoms with Crippen LogP contribution in [-0.4, -0.2) is 37.2 Å². The van der Waals surface area contributed by atoms with Gasteiger partial charge in [0.25, 0.3) is 0 Å². The molecule has 0 aromatic carbocycles. The number of carbonyl (C=O) groups is 3. The van der Waals surface area contributed by atoms with E-state index in [-0.39, 0.29) is 31.1 Å². The molecule has 0 aromatic heterocycles. The van der Waals surface area contributed by atoms with E-state index in [1.807, 2.05) is 0 Å². The number of rotatable bonds is 58. The molecule has 6 nitrogen and oxygen atoms in total. The van der Waals surface area contributed by atoms with E-state index in [4.69, 9.17) is 14.2 Å². The molecule has 0 aliphatic carbocycles. The summed E-state index contributed by atoms with van der Waals surface area (Å²) in [5.74, 6) is -0.883. The quantitative estimate of drug-likeness (QED) is 0.0261. The summed E-state index contributed by atoms with van der Waals surface area (Å²) in [7, 11) is 0. The second-order valence-electron chi connectivity index (χ2n) is 21.3. The van der Waals surface area contributed by atoms with E-state index < -0.39 is 6.10 Å². The van der Waals surface area contributed by atoms with Gasteiger partial charge in [0, 0.05) is 19.3 Å². The Morgan fingerprint density at radius 1 is 0.280 bits per heavy atom. The molecule has 6 heteroatoms. The van der Waals surface area contributed by atoms with Gasteiger partial charge in [-0.15, -0.1) is 0 Å². The van der Waals surface area contributed by atoms with Crippen molar-refractivity contribution in [2.24, 2.45) is 0 Å². The molecule has 0 spiro atoms. The van der Waals surface area contributed by atoms with Gasteiger partial charge >= 0.3 is 17.9 Å². The van der Waals surface area contributed by atoms with Gasteiger partial charge < -0.3 is 14.2 Å². The average molecular weight is 1050 g/mol. The van der Waals surface area contributed by atoms with E-state index in [2.05, 4.69) is 106 Å². The molecule has 0 bridgehead atoms. The monoisotopic (exact) mass is 1040 g/mol. The first-order valence-electron chi connectivity index (χ1n) is 32.1. The maximum absolute atomic E-state index is 12.8. The summed E-state index contributed by atoms with van der Waals surface area (Å²) in [5, 5.41) is 0. The molecule has 0 saturated carbocycles. The minimum Gasteiger partial charge on any atom is -0.462 e. The average Bonchev–Trinajstić information content (AvgIpc) is 3.41. The summed E-state index contributed by atoms with van der Waals surface area (Å²) in [6.07, 6.45) is 83.6. The van der Waals surface area contributed by atoms with E-state index >= 15 is 0 Å². The predicted molar refractivity (Wildman–Crippen MR) is 325 cm³/mol. The van der Waals surface area contributed by atoms with Crippen LogP contribution in [-0.2, 0) is 28.6 Å². The van der Waals surface area contributed by atoms with Crippen LogP contribution in [0.2, 0.25) is 0 Å². The third-order valence-corrected chi connectivity index (χ3v) is 13.9. The van der Waals surface area contributed by atoms with Crippen LogP contribution in [0.25, 0.3) is 0 Å². The summed E-state index contributed by atoms with van der Waals surface area (Å²) in [5.41, 5.74) is 0. The lowest BCUT2D eigenvalue weighted by Gasteiger charge is -2.18. The van der Waals surface area contributed by atoms with Gasteiger partial charge in [-0.25, -0.2) is 0 Å². The highest BCUT2D eigenvalue weighted by Gasteiger charge is 2.19. The standard InChI is InChI=1S/C69H120O6/c1-4-7-10-13-15-17-19-21-23-25-27-29-30-31-32-33-34-35-36-37-38-40-41-43-45-47-49-51-53-56-59-62-68(71)74-65-66(64-73-67(70)61-58-55-12-9-6-3)75-69(72)63-60-57-54-52-50-48-46-44-42-39-28-26-24-22-20-18-16-14-11-8-5-2/h7,10,15,17,20-23,26-29,31-32,66H,4-6,8-9,11-14,16,18-19,24-25,30,33-65H2,1-3H3/b10-7-,17-15-,22-20-,23-21-,28-26-,29-27-,32-31-. The van der Waals surface area contributed by atoms with Crippen molar-refractivity contribution in [3.05, 3.63) is 85.1 Å². The van der Waals surface area contributed by atoms with E-state index in [0.717, 1.165) is 103 Å². The molecule has 1 atom stereocenters. The molecule has 0 saturated heterocycles. The molecule has 0 aromatic rings. The van der Waals surface area contributed by atoms with Crippen molar-refractivity contribution in [3.8, 4) is 0 Å². The number of hydrogen-bond donors (Lipinski definition) is 0. The number of hydrogen-bond acceptors (Lipinski definition) is 6. The second-order valence-corrected chi connectivity index (χ2v) is 21.3. The lowest BCUT2D eigenvalue weighted by molar-refractivity contribution is -0.167. The molecule has 432 valence electrons. The topological polar surface area (TPSA) is 78.9 Å². The highest BCUT2D eigenvalue weighted by molar-refractivity contribution is 5.71. The fourth-order valence-electron chi connectivity index (χ4n) is 9.09. The van der Waals surface area contributed by atoms with Crippen molar-refractivity contribution < 1.29 is 28.6 Å². The van der Waals surface area contributed by atoms with Gasteiger partial charge in [0.05, 0.1) is 0 Å². The summed E-state index contributed by atoms with van der Waals surface area (Å²) in [6.45, 7) is 6.46. The molecule has 0 heterocycles. The maximum atomic E-state index is 12.8. The smallest absolute Gasteiger partial charge is 0.306 e. The zero-order chi connectivity index (χ0) is 54.3. The van der Waals surface area contributed by atoms with Crippen molar-refractivity contribution in [2.45, 2.75) is 322 Å². The lowest BCUT2D eigenvalue weighted by Crippen LogP contribution is -2.30. The number of allylic oxidation sites excluding steroid dienone is 14. The van der Waals surface area contributed by atoms with Crippen LogP contribution in [0, 0.1) is 0 Å². The Balaban J connectivity index is 4.00. The molecule has 0 aliphatic heterocycles. The summed E-state index contributed by atoms with van der Waals surface area (Å²) in [4.78, 5) is 37.9. The normalized spacial score (nSPS) is 12.6. The molecule has 0 amide bonds. The van der Waals surface area contributed by atoms with Crippen LogP contribution in [0.5, 0.6) is 0 Å². The van der Waals surface area contributed by atoms with E-state index in [1.54, 1.807) is 0 Å². The van der Waals surface area contributed by atoms with Gasteiger partial charge in [0.15, 0.2) is 6.10 Å². The van der Waals surface area contributed by atoms with Crippen LogP contribution >= 0.6 is 0 Å². The SMILES string of the molecule is CC/C=C\C/C=C\C/C=C\C/C=C\C/C=C\CCCCCCCCCCCCCCCCCC(=O)OCC(COC(=O)CCCCCCC)OC(=O)CCCCCCCCCCC/C=C\C/C=C\CCCCCCC. The van der Waals surface area contributed by atoms with Crippen molar-refractivity contribution >= 4 is 17.9 Å². The minimum absolute atomic E-state index is 0.0757. The van der Waals surface area contributed by atoms with Crippen LogP contribution < -0.4 is 0 Å². The Labute approximate surface area is 465 Å². The molecule has 0 N–H and O–H groups in total. The fourth-order valence-corrected chi connectivity index (χ4v) is 9.09. The number of esters is 3. The predicted octanol–water partition coefficient (Wildman–Crippen LogP) is 21.9. The van der Waals surface area contributed by atoms with Gasteiger partial charge in [-0.1, -0.05) is 286 Å². The first kappa shape index (κ1) is 71.6. The highest BCUT2D eigenvalue weighted by Crippen LogP contribution is 2.17. The van der Waals surface area contributed by atoms with Gasteiger partial charge in [0.2, 0.25) is 0 Å². The van der Waals surface area contributed by atoms with Gasteiger partial charge in [0.1, 0.15) is 13.2 Å². The molecule has 0 aliphatic rings. The van der Waals surface area contributed by atoms with Gasteiger partial charge in [-0.05, 0) is 96.3 Å². The molecule has 0 rings (SSSR count). The largest absolute Gasteiger partial charge is 0.462 e. The molecule has 75 heavy (non-hydrogen) atoms. The van der Waals surface area contributed by atoms with Gasteiger partial charge in [-0.3, -0.25) is 14.4 Å². The van der Waals surface area contributed by atoms with E-state index in [9.17, 15) is 14.4 Å². The first-order valence-corrected chi connectivity index (χ1v) is 32.1. The molecule has 1 unspecified atom stereocenters. The Kier molecular flexibility index (Phi) is 60.3.